The molecule has 0 saturated heterocycles. The molecule has 0 aliphatic heterocycles. The number of rotatable bonds is 11. The first kappa shape index (κ1) is 25.7. The fourth-order valence-electron chi connectivity index (χ4n) is 6.05. The van der Waals surface area contributed by atoms with Crippen molar-refractivity contribution in [2.75, 3.05) is 6.61 Å². The van der Waals surface area contributed by atoms with Gasteiger partial charge in [0.05, 0.1) is 13.2 Å². The molecule has 2 aromatic carbocycles. The van der Waals surface area contributed by atoms with Crippen LogP contribution in [-0.4, -0.2) is 23.1 Å². The summed E-state index contributed by atoms with van der Waals surface area (Å²) in [5, 5.41) is 0. The Bertz CT molecular complexity index is 1120. The van der Waals surface area contributed by atoms with Crippen LogP contribution in [0.15, 0.2) is 73.1 Å². The van der Waals surface area contributed by atoms with Crippen molar-refractivity contribution in [1.29, 1.82) is 0 Å². The normalized spacial score (nSPS) is 17.7. The number of hydrogen-bond acceptors (Lipinski definition) is 3. The Balaban J connectivity index is 1.53. The van der Waals surface area contributed by atoms with E-state index in [0.717, 1.165) is 49.8 Å². The van der Waals surface area contributed by atoms with Gasteiger partial charge in [-0.1, -0.05) is 60.7 Å². The molecule has 1 saturated carbocycles. The van der Waals surface area contributed by atoms with Gasteiger partial charge < -0.3 is 10.5 Å². The molecule has 1 aromatic heterocycles. The maximum atomic E-state index is 13.3. The van der Waals surface area contributed by atoms with E-state index in [-0.39, 0.29) is 17.8 Å². The Kier molecular flexibility index (Phi) is 8.24. The second kappa shape index (κ2) is 11.5. The molecule has 1 aliphatic rings. The van der Waals surface area contributed by atoms with E-state index >= 15 is 0 Å². The van der Waals surface area contributed by atoms with Crippen LogP contribution in [0.5, 0.6) is 0 Å². The molecule has 0 spiro atoms. The van der Waals surface area contributed by atoms with Gasteiger partial charge in [-0.05, 0) is 56.1 Å². The molecule has 2 N–H and O–H groups in total. The van der Waals surface area contributed by atoms with E-state index in [0.29, 0.717) is 19.1 Å². The number of ether oxygens (including phenoxy) is 1. The lowest BCUT2D eigenvalue weighted by molar-refractivity contribution is -0.703. The minimum absolute atomic E-state index is 0.102. The van der Waals surface area contributed by atoms with Gasteiger partial charge >= 0.3 is 5.97 Å². The quantitative estimate of drug-likeness (QED) is 0.243. The molecule has 6 heteroatoms. The number of hydrogen-bond donors (Lipinski definition) is 1. The highest BCUT2D eigenvalue weighted by atomic mass is 16.5. The molecule has 4 rings (SSSR count). The third-order valence-electron chi connectivity index (χ3n) is 7.79. The van der Waals surface area contributed by atoms with Crippen molar-refractivity contribution in [3.05, 3.63) is 90.0 Å². The Morgan fingerprint density at radius 2 is 1.67 bits per heavy atom. The molecule has 1 fully saturated rings. The summed E-state index contributed by atoms with van der Waals surface area (Å²) in [6.07, 6.45) is 9.29. The topological polar surface area (TPSA) is 78.2 Å². The lowest BCUT2D eigenvalue weighted by atomic mass is 9.64. The molecule has 1 aliphatic carbocycles. The second-order valence-electron chi connectivity index (χ2n) is 9.78. The highest BCUT2D eigenvalue weighted by Gasteiger charge is 2.51. The molecule has 2 atom stereocenters. The summed E-state index contributed by atoms with van der Waals surface area (Å²) in [6, 6.07) is 20.4. The van der Waals surface area contributed by atoms with E-state index in [9.17, 15) is 9.59 Å². The molecular weight excluding hydrogens is 450 g/mol. The summed E-state index contributed by atoms with van der Waals surface area (Å²) >= 11 is 0. The van der Waals surface area contributed by atoms with Crippen molar-refractivity contribution >= 4 is 11.9 Å². The summed E-state index contributed by atoms with van der Waals surface area (Å²) in [5.41, 5.74) is 7.34. The minimum Gasteiger partial charge on any atom is -0.466 e. The largest absolute Gasteiger partial charge is 0.466 e. The summed E-state index contributed by atoms with van der Waals surface area (Å²) in [4.78, 5) is 24.9. The number of amides is 1. The number of nitrogens with zero attached hydrogens (tertiary/aromatic N) is 2. The number of nitrogens with two attached hydrogens (primary N) is 1. The SMILES string of the molecule is CCOC(=O)CCCC[n+]1ccn(C2CCC(C(C(N)=O)(c3ccccc3)c3ccccc3)C2)c1C. The van der Waals surface area contributed by atoms with Gasteiger partial charge in [-0.2, -0.15) is 0 Å². The smallest absolute Gasteiger partial charge is 0.305 e. The molecule has 36 heavy (non-hydrogen) atoms. The molecule has 6 nitrogen and oxygen atoms in total. The number of aryl methyl sites for hydroxylation is 1. The average Bonchev–Trinajstić information content (AvgIpc) is 3.51. The van der Waals surface area contributed by atoms with Crippen molar-refractivity contribution in [2.45, 2.75) is 70.4 Å². The van der Waals surface area contributed by atoms with E-state index in [4.69, 9.17) is 10.5 Å². The number of carbonyl (C=O) groups excluding carboxylic acids is 2. The van der Waals surface area contributed by atoms with Crippen LogP contribution < -0.4 is 10.3 Å². The summed E-state index contributed by atoms with van der Waals surface area (Å²) in [7, 11) is 0. The Hall–Kier alpha value is -3.41. The van der Waals surface area contributed by atoms with E-state index in [1.54, 1.807) is 0 Å². The van der Waals surface area contributed by atoms with Crippen LogP contribution in [0.1, 0.15) is 68.4 Å². The lowest BCUT2D eigenvalue weighted by Crippen LogP contribution is -2.47. The van der Waals surface area contributed by atoms with Gasteiger partial charge in [0.2, 0.25) is 5.91 Å². The number of benzene rings is 2. The fourth-order valence-corrected chi connectivity index (χ4v) is 6.05. The fraction of sp³-hybridized carbons (Fsp3) is 0.433. The van der Waals surface area contributed by atoms with Crippen LogP contribution in [0.25, 0.3) is 0 Å². The van der Waals surface area contributed by atoms with Crippen LogP contribution >= 0.6 is 0 Å². The van der Waals surface area contributed by atoms with Gasteiger partial charge in [0, 0.05) is 13.3 Å². The summed E-state index contributed by atoms with van der Waals surface area (Å²) < 4.78 is 9.64. The Morgan fingerprint density at radius 1 is 1.03 bits per heavy atom. The average molecular weight is 489 g/mol. The van der Waals surface area contributed by atoms with Gasteiger partial charge in [-0.3, -0.25) is 9.59 Å². The zero-order valence-electron chi connectivity index (χ0n) is 21.4. The first-order chi connectivity index (χ1) is 17.5. The van der Waals surface area contributed by atoms with Gasteiger partial charge in [-0.25, -0.2) is 9.13 Å². The lowest BCUT2D eigenvalue weighted by Gasteiger charge is -2.37. The molecule has 1 heterocycles. The van der Waals surface area contributed by atoms with Crippen molar-refractivity contribution < 1.29 is 18.9 Å². The number of primary amides is 1. The number of imidazole rings is 1. The predicted octanol–water partition coefficient (Wildman–Crippen LogP) is 4.63. The van der Waals surface area contributed by atoms with Crippen LogP contribution in [0, 0.1) is 12.8 Å². The van der Waals surface area contributed by atoms with E-state index < -0.39 is 5.41 Å². The van der Waals surface area contributed by atoms with Crippen molar-refractivity contribution in [3.8, 4) is 0 Å². The third-order valence-corrected chi connectivity index (χ3v) is 7.79. The van der Waals surface area contributed by atoms with E-state index in [2.05, 4.69) is 28.5 Å². The van der Waals surface area contributed by atoms with Crippen LogP contribution in [0.2, 0.25) is 0 Å². The van der Waals surface area contributed by atoms with E-state index in [1.807, 2.05) is 67.6 Å². The molecule has 2 unspecified atom stereocenters. The highest BCUT2D eigenvalue weighted by Crippen LogP contribution is 2.49. The number of aromatic nitrogens is 2. The van der Waals surface area contributed by atoms with Crippen LogP contribution in [0.4, 0.5) is 0 Å². The molecule has 0 bridgehead atoms. The zero-order chi connectivity index (χ0) is 25.5. The maximum Gasteiger partial charge on any atom is 0.305 e. The molecular formula is C30H38N3O3+. The number of unbranched alkanes of at least 4 members (excludes halogenated alkanes) is 1. The van der Waals surface area contributed by atoms with Crippen LogP contribution in [0.3, 0.4) is 0 Å². The number of carbonyl (C=O) groups is 2. The predicted molar refractivity (Wildman–Crippen MR) is 139 cm³/mol. The minimum atomic E-state index is -0.860. The molecule has 3 aromatic rings. The van der Waals surface area contributed by atoms with E-state index in [1.165, 1.54) is 5.82 Å². The highest BCUT2D eigenvalue weighted by molar-refractivity contribution is 5.91. The summed E-state index contributed by atoms with van der Waals surface area (Å²) in [6.45, 7) is 5.28. The first-order valence-corrected chi connectivity index (χ1v) is 13.1. The second-order valence-corrected chi connectivity index (χ2v) is 9.78. The van der Waals surface area contributed by atoms with Gasteiger partial charge in [-0.15, -0.1) is 0 Å². The van der Waals surface area contributed by atoms with Crippen molar-refractivity contribution in [2.24, 2.45) is 11.7 Å². The Labute approximate surface area is 214 Å². The van der Waals surface area contributed by atoms with Gasteiger partial charge in [0.15, 0.2) is 0 Å². The summed E-state index contributed by atoms with van der Waals surface area (Å²) in [5.74, 6) is 0.889. The third kappa shape index (κ3) is 5.08. The molecule has 190 valence electrons. The van der Waals surface area contributed by atoms with Gasteiger partial charge in [0.1, 0.15) is 23.9 Å². The van der Waals surface area contributed by atoms with Crippen molar-refractivity contribution in [3.63, 3.8) is 0 Å². The number of esters is 1. The monoisotopic (exact) mass is 488 g/mol. The van der Waals surface area contributed by atoms with Crippen molar-refractivity contribution in [1.82, 2.24) is 4.57 Å². The maximum absolute atomic E-state index is 13.3. The Morgan fingerprint density at radius 3 is 2.25 bits per heavy atom. The molecule has 1 amide bonds. The molecule has 0 radical (unpaired) electrons. The zero-order valence-corrected chi connectivity index (χ0v) is 21.4. The van der Waals surface area contributed by atoms with Crippen LogP contribution in [-0.2, 0) is 26.3 Å². The first-order valence-electron chi connectivity index (χ1n) is 13.1. The standard InChI is InChI=1S/C30H37N3O3/c1-3-36-28(34)16-10-11-19-32-20-21-33(23(32)2)27-18-17-26(22-27)30(29(31)35,24-12-6-4-7-13-24)25-14-8-5-9-15-25/h4-9,12-15,20-21,26-27H,3,10-11,16-19,22H2,1-2H3,(H-,31,35)/p+1. The van der Waals surface area contributed by atoms with Gasteiger partial charge in [0.25, 0.3) is 5.82 Å².